The number of carboxylic acid groups (broad SMARTS) is 1. The summed E-state index contributed by atoms with van der Waals surface area (Å²) in [6, 6.07) is 16.9. The number of ketones is 1. The van der Waals surface area contributed by atoms with Gasteiger partial charge in [0.25, 0.3) is 0 Å². The van der Waals surface area contributed by atoms with E-state index in [4.69, 9.17) is 0 Å². The van der Waals surface area contributed by atoms with Crippen LogP contribution in [-0.4, -0.2) is 88.5 Å². The Bertz CT molecular complexity index is 1250. The summed E-state index contributed by atoms with van der Waals surface area (Å²) in [4.78, 5) is 70.4. The molecular formula is C34H45N3O6. The Labute approximate surface area is 254 Å². The minimum absolute atomic E-state index is 0.00176. The van der Waals surface area contributed by atoms with Crippen molar-refractivity contribution in [3.8, 4) is 0 Å². The highest BCUT2D eigenvalue weighted by Gasteiger charge is 2.37. The normalized spacial score (nSPS) is 16.0. The van der Waals surface area contributed by atoms with Gasteiger partial charge >= 0.3 is 5.97 Å². The third kappa shape index (κ3) is 9.49. The van der Waals surface area contributed by atoms with Gasteiger partial charge in [-0.15, -0.1) is 0 Å². The molecule has 0 aromatic heterocycles. The summed E-state index contributed by atoms with van der Waals surface area (Å²) in [6.07, 6.45) is 3.11. The average molecular weight is 592 g/mol. The van der Waals surface area contributed by atoms with Crippen LogP contribution in [-0.2, 0) is 36.8 Å². The van der Waals surface area contributed by atoms with Crippen LogP contribution in [0, 0.1) is 11.8 Å². The number of nitrogens with zero attached hydrogens (tertiary/aromatic N) is 3. The maximum absolute atomic E-state index is 14.2. The van der Waals surface area contributed by atoms with E-state index in [9.17, 15) is 29.1 Å². The van der Waals surface area contributed by atoms with E-state index in [0.717, 1.165) is 30.4 Å². The highest BCUT2D eigenvalue weighted by atomic mass is 16.4. The Morgan fingerprint density at radius 3 is 1.70 bits per heavy atom. The van der Waals surface area contributed by atoms with E-state index in [2.05, 4.69) is 0 Å². The summed E-state index contributed by atoms with van der Waals surface area (Å²) in [7, 11) is 3.08. The summed E-state index contributed by atoms with van der Waals surface area (Å²) < 4.78 is 0. The van der Waals surface area contributed by atoms with Crippen molar-refractivity contribution in [3.63, 3.8) is 0 Å². The Morgan fingerprint density at radius 1 is 0.698 bits per heavy atom. The van der Waals surface area contributed by atoms with Crippen molar-refractivity contribution in [2.24, 2.45) is 11.8 Å². The Morgan fingerprint density at radius 2 is 1.19 bits per heavy atom. The molecule has 1 heterocycles. The summed E-state index contributed by atoms with van der Waals surface area (Å²) >= 11 is 0. The fourth-order valence-electron chi connectivity index (χ4n) is 5.72. The molecule has 0 saturated carbocycles. The standard InChI is InChI=1S/C34H45N3O6/c1-24(33(42)37-18-12-7-13-19-37)20-30(38)28(22-26-14-8-5-9-15-26)35(3)34(43)29(23-27-16-10-6-11-17-27)36(4)32(41)25(2)21-31(39)40/h5-6,8-11,14-17,24-25,28-29H,7,12-13,18-23H2,1-4H3,(H,39,40)/t24-,25+,28+,29+/m1/s1. The molecule has 2 aromatic rings. The van der Waals surface area contributed by atoms with Crippen LogP contribution in [0.5, 0.6) is 0 Å². The van der Waals surface area contributed by atoms with Crippen LogP contribution in [0.25, 0.3) is 0 Å². The van der Waals surface area contributed by atoms with Crippen molar-refractivity contribution in [2.45, 2.75) is 70.9 Å². The zero-order chi connectivity index (χ0) is 31.5. The summed E-state index contributed by atoms with van der Waals surface area (Å²) in [5, 5.41) is 9.24. The predicted molar refractivity (Wildman–Crippen MR) is 164 cm³/mol. The van der Waals surface area contributed by atoms with E-state index in [1.165, 1.54) is 23.8 Å². The van der Waals surface area contributed by atoms with Crippen LogP contribution in [0.2, 0.25) is 0 Å². The van der Waals surface area contributed by atoms with Gasteiger partial charge in [0.2, 0.25) is 17.7 Å². The number of hydrogen-bond donors (Lipinski definition) is 1. The zero-order valence-electron chi connectivity index (χ0n) is 25.8. The number of carbonyl (C=O) groups is 5. The molecule has 1 aliphatic heterocycles. The molecule has 0 unspecified atom stereocenters. The fraction of sp³-hybridized carbons (Fsp3) is 0.500. The van der Waals surface area contributed by atoms with Crippen molar-refractivity contribution < 1.29 is 29.1 Å². The van der Waals surface area contributed by atoms with Crippen LogP contribution in [0.4, 0.5) is 0 Å². The molecule has 3 amide bonds. The highest BCUT2D eigenvalue weighted by Crippen LogP contribution is 2.21. The lowest BCUT2D eigenvalue weighted by molar-refractivity contribution is -0.150. The van der Waals surface area contributed by atoms with E-state index >= 15 is 0 Å². The first-order valence-corrected chi connectivity index (χ1v) is 15.1. The third-order valence-electron chi connectivity index (χ3n) is 8.33. The van der Waals surface area contributed by atoms with Crippen LogP contribution >= 0.6 is 0 Å². The lowest BCUT2D eigenvalue weighted by Gasteiger charge is -2.36. The lowest BCUT2D eigenvalue weighted by atomic mass is 9.92. The molecular weight excluding hydrogens is 546 g/mol. The second-order valence-electron chi connectivity index (χ2n) is 11.8. The topological polar surface area (TPSA) is 115 Å². The van der Waals surface area contributed by atoms with Crippen LogP contribution in [0.1, 0.15) is 57.1 Å². The first kappa shape index (κ1) is 33.5. The minimum Gasteiger partial charge on any atom is -0.481 e. The van der Waals surface area contributed by atoms with Gasteiger partial charge in [0, 0.05) is 51.9 Å². The number of benzene rings is 2. The van der Waals surface area contributed by atoms with Gasteiger partial charge < -0.3 is 19.8 Å². The van der Waals surface area contributed by atoms with Crippen LogP contribution in [0.15, 0.2) is 60.7 Å². The van der Waals surface area contributed by atoms with Gasteiger partial charge in [-0.3, -0.25) is 24.0 Å². The summed E-state index contributed by atoms with van der Waals surface area (Å²) in [6.45, 7) is 4.70. The second-order valence-corrected chi connectivity index (χ2v) is 11.8. The largest absolute Gasteiger partial charge is 0.481 e. The maximum atomic E-state index is 14.2. The number of amides is 3. The van der Waals surface area contributed by atoms with E-state index in [1.54, 1.807) is 14.0 Å². The molecule has 1 aliphatic rings. The number of hydrogen-bond acceptors (Lipinski definition) is 5. The van der Waals surface area contributed by atoms with Gasteiger partial charge in [0.15, 0.2) is 5.78 Å². The van der Waals surface area contributed by atoms with Crippen molar-refractivity contribution in [2.75, 3.05) is 27.2 Å². The fourth-order valence-corrected chi connectivity index (χ4v) is 5.72. The molecule has 1 saturated heterocycles. The molecule has 9 nitrogen and oxygen atoms in total. The number of carbonyl (C=O) groups excluding carboxylic acids is 4. The SMILES string of the molecule is C[C@H](CC(=O)[C@H](Cc1ccccc1)N(C)C(=O)[C@H](Cc1ccccc1)N(C)C(=O)[C@@H](C)CC(=O)O)C(=O)N1CCCCC1. The van der Waals surface area contributed by atoms with E-state index in [-0.39, 0.29) is 37.4 Å². The molecule has 232 valence electrons. The summed E-state index contributed by atoms with van der Waals surface area (Å²) in [5.74, 6) is -3.59. The zero-order valence-corrected chi connectivity index (χ0v) is 25.8. The van der Waals surface area contributed by atoms with Crippen molar-refractivity contribution in [1.82, 2.24) is 14.7 Å². The predicted octanol–water partition coefficient (Wildman–Crippen LogP) is 3.84. The average Bonchev–Trinajstić information content (AvgIpc) is 3.01. The number of rotatable bonds is 14. The number of likely N-dealkylation sites (N-methyl/N-ethyl adjacent to an activating group) is 2. The quantitative estimate of drug-likeness (QED) is 0.357. The highest BCUT2D eigenvalue weighted by molar-refractivity contribution is 5.95. The molecule has 0 aliphatic carbocycles. The molecule has 4 atom stereocenters. The number of likely N-dealkylation sites (tertiary alicyclic amines) is 1. The Hall–Kier alpha value is -4.01. The first-order valence-electron chi connectivity index (χ1n) is 15.1. The molecule has 2 aromatic carbocycles. The Balaban J connectivity index is 1.89. The van der Waals surface area contributed by atoms with Gasteiger partial charge in [-0.05, 0) is 36.8 Å². The molecule has 3 rings (SSSR count). The molecule has 0 bridgehead atoms. The third-order valence-corrected chi connectivity index (χ3v) is 8.33. The molecule has 43 heavy (non-hydrogen) atoms. The van der Waals surface area contributed by atoms with Gasteiger partial charge in [-0.1, -0.05) is 74.5 Å². The number of Topliss-reactive ketones (excluding diaryl/α,β-unsaturated/α-hetero) is 1. The number of aliphatic carboxylic acids is 1. The molecule has 1 N–H and O–H groups in total. The minimum atomic E-state index is -1.10. The number of carboxylic acids is 1. The van der Waals surface area contributed by atoms with E-state index < -0.39 is 41.7 Å². The smallest absolute Gasteiger partial charge is 0.304 e. The van der Waals surface area contributed by atoms with E-state index in [1.807, 2.05) is 65.6 Å². The van der Waals surface area contributed by atoms with Gasteiger partial charge in [-0.2, -0.15) is 0 Å². The van der Waals surface area contributed by atoms with Crippen molar-refractivity contribution in [1.29, 1.82) is 0 Å². The lowest BCUT2D eigenvalue weighted by Crippen LogP contribution is -2.55. The first-order chi connectivity index (χ1) is 20.5. The number of piperidine rings is 1. The monoisotopic (exact) mass is 591 g/mol. The second kappa shape index (κ2) is 16.0. The van der Waals surface area contributed by atoms with Gasteiger partial charge in [0.1, 0.15) is 6.04 Å². The molecule has 0 radical (unpaired) electrons. The maximum Gasteiger partial charge on any atom is 0.304 e. The molecule has 0 spiro atoms. The molecule has 9 heteroatoms. The Kier molecular flexibility index (Phi) is 12.5. The van der Waals surface area contributed by atoms with Gasteiger partial charge in [0.05, 0.1) is 12.5 Å². The van der Waals surface area contributed by atoms with Crippen molar-refractivity contribution in [3.05, 3.63) is 71.8 Å². The van der Waals surface area contributed by atoms with Crippen molar-refractivity contribution >= 4 is 29.5 Å². The van der Waals surface area contributed by atoms with Crippen LogP contribution < -0.4 is 0 Å². The van der Waals surface area contributed by atoms with Gasteiger partial charge in [-0.25, -0.2) is 0 Å². The van der Waals surface area contributed by atoms with Crippen LogP contribution in [0.3, 0.4) is 0 Å². The van der Waals surface area contributed by atoms with E-state index in [0.29, 0.717) is 13.1 Å². The summed E-state index contributed by atoms with van der Waals surface area (Å²) in [5.41, 5.74) is 1.70. The molecule has 1 fully saturated rings.